The molecule has 1 aromatic heterocycles. The Morgan fingerprint density at radius 1 is 1.28 bits per heavy atom. The fourth-order valence-corrected chi connectivity index (χ4v) is 2.93. The first kappa shape index (κ1) is 17.3. The zero-order valence-corrected chi connectivity index (χ0v) is 14.3. The van der Waals surface area contributed by atoms with Crippen LogP contribution in [0.15, 0.2) is 48.8 Å². The molecule has 132 valence electrons. The summed E-state index contributed by atoms with van der Waals surface area (Å²) in [6, 6.07) is 11.5. The number of hydrogen-bond acceptors (Lipinski definition) is 4. The van der Waals surface area contributed by atoms with Crippen molar-refractivity contribution in [3.63, 3.8) is 0 Å². The molecule has 5 heteroatoms. The minimum atomic E-state index is -0.777. The maximum absolute atomic E-state index is 11.0. The molecule has 1 saturated carbocycles. The molecule has 5 nitrogen and oxygen atoms in total. The van der Waals surface area contributed by atoms with Crippen LogP contribution < -0.4 is 9.47 Å². The molecule has 3 rings (SSSR count). The van der Waals surface area contributed by atoms with E-state index < -0.39 is 11.9 Å². The molecule has 1 aliphatic rings. The van der Waals surface area contributed by atoms with Crippen LogP contribution in [0.4, 0.5) is 0 Å². The van der Waals surface area contributed by atoms with Gasteiger partial charge in [0.2, 0.25) is 0 Å². The van der Waals surface area contributed by atoms with Crippen LogP contribution in [0.2, 0.25) is 0 Å². The van der Waals surface area contributed by atoms with E-state index in [1.807, 2.05) is 36.4 Å². The maximum atomic E-state index is 11.0. The van der Waals surface area contributed by atoms with E-state index in [4.69, 9.17) is 14.6 Å². The molecule has 1 heterocycles. The molecule has 1 fully saturated rings. The molecule has 1 unspecified atom stereocenters. The van der Waals surface area contributed by atoms with Crippen LogP contribution in [-0.2, 0) is 11.2 Å². The van der Waals surface area contributed by atoms with Crippen molar-refractivity contribution in [2.75, 3.05) is 6.61 Å². The van der Waals surface area contributed by atoms with Crippen LogP contribution in [0.1, 0.15) is 25.3 Å². The van der Waals surface area contributed by atoms with Gasteiger partial charge in [-0.3, -0.25) is 9.78 Å². The van der Waals surface area contributed by atoms with Gasteiger partial charge in [0.25, 0.3) is 0 Å². The molecular formula is C20H23NO4. The van der Waals surface area contributed by atoms with Crippen molar-refractivity contribution in [2.24, 2.45) is 11.8 Å². The average Bonchev–Trinajstić information content (AvgIpc) is 2.58. The molecule has 0 saturated heterocycles. The first-order chi connectivity index (χ1) is 12.1. The van der Waals surface area contributed by atoms with Crippen molar-refractivity contribution >= 4 is 5.97 Å². The second-order valence-corrected chi connectivity index (χ2v) is 6.67. The van der Waals surface area contributed by atoms with E-state index in [-0.39, 0.29) is 6.10 Å². The third-order valence-electron chi connectivity index (χ3n) is 4.48. The monoisotopic (exact) mass is 341 g/mol. The lowest BCUT2D eigenvalue weighted by Gasteiger charge is -2.35. The van der Waals surface area contributed by atoms with Crippen molar-refractivity contribution in [3.05, 3.63) is 54.4 Å². The van der Waals surface area contributed by atoms with Gasteiger partial charge in [-0.15, -0.1) is 0 Å². The number of benzene rings is 1. The Morgan fingerprint density at radius 2 is 2.08 bits per heavy atom. The summed E-state index contributed by atoms with van der Waals surface area (Å²) in [7, 11) is 0. The van der Waals surface area contributed by atoms with Gasteiger partial charge in [0.05, 0.1) is 24.8 Å². The Bertz CT molecular complexity index is 698. The van der Waals surface area contributed by atoms with Gasteiger partial charge in [-0.25, -0.2) is 0 Å². The Balaban J connectivity index is 1.42. The second-order valence-electron chi connectivity index (χ2n) is 6.67. The second kappa shape index (κ2) is 8.01. The van der Waals surface area contributed by atoms with Gasteiger partial charge in [0.15, 0.2) is 0 Å². The predicted molar refractivity (Wildman–Crippen MR) is 93.8 cm³/mol. The van der Waals surface area contributed by atoms with Gasteiger partial charge in [-0.05, 0) is 55.0 Å². The van der Waals surface area contributed by atoms with Crippen LogP contribution in [0, 0.1) is 11.8 Å². The number of ether oxygens (including phenoxy) is 2. The predicted octanol–water partition coefficient (Wildman–Crippen LogP) is 3.58. The number of rotatable bonds is 8. The third-order valence-corrected chi connectivity index (χ3v) is 4.48. The molecule has 0 radical (unpaired) electrons. The molecule has 1 aromatic carbocycles. The molecule has 2 aromatic rings. The van der Waals surface area contributed by atoms with Crippen LogP contribution >= 0.6 is 0 Å². The highest BCUT2D eigenvalue weighted by atomic mass is 16.5. The number of carboxylic acid groups (broad SMARTS) is 1. The molecular weight excluding hydrogens is 318 g/mol. The molecule has 25 heavy (non-hydrogen) atoms. The Kier molecular flexibility index (Phi) is 5.53. The number of carboxylic acids is 1. The number of carbonyl (C=O) groups is 1. The molecule has 0 spiro atoms. The summed E-state index contributed by atoms with van der Waals surface area (Å²) in [5, 5.41) is 9.01. The Hall–Kier alpha value is -2.56. The average molecular weight is 341 g/mol. The van der Waals surface area contributed by atoms with Crippen LogP contribution in [0.5, 0.6) is 11.5 Å². The standard InChI is InChI=1S/C20H23NO4/c1-14(20(22)23)8-15-4-2-5-17(9-15)24-13-16-10-19(11-16)25-18-6-3-7-21-12-18/h2-7,9,12,14,16,19H,8,10-11,13H2,1H3,(H,22,23). The SMILES string of the molecule is CC(Cc1cccc(OCC2CC(Oc3cccnc3)C2)c1)C(=O)O. The summed E-state index contributed by atoms with van der Waals surface area (Å²) < 4.78 is 11.7. The van der Waals surface area contributed by atoms with Crippen molar-refractivity contribution in [2.45, 2.75) is 32.3 Å². The van der Waals surface area contributed by atoms with E-state index in [0.717, 1.165) is 29.9 Å². The number of hydrogen-bond donors (Lipinski definition) is 1. The summed E-state index contributed by atoms with van der Waals surface area (Å²) in [5.74, 6) is 0.926. The Morgan fingerprint density at radius 3 is 2.80 bits per heavy atom. The van der Waals surface area contributed by atoms with Crippen LogP contribution in [0.3, 0.4) is 0 Å². The van der Waals surface area contributed by atoms with Gasteiger partial charge < -0.3 is 14.6 Å². The number of pyridine rings is 1. The Labute approximate surface area is 147 Å². The fourth-order valence-electron chi connectivity index (χ4n) is 2.93. The van der Waals surface area contributed by atoms with Crippen molar-refractivity contribution in [3.8, 4) is 11.5 Å². The summed E-state index contributed by atoms with van der Waals surface area (Å²) in [4.78, 5) is 15.0. The van der Waals surface area contributed by atoms with E-state index in [0.29, 0.717) is 18.9 Å². The fraction of sp³-hybridized carbons (Fsp3) is 0.400. The third kappa shape index (κ3) is 4.95. The molecule has 1 atom stereocenters. The maximum Gasteiger partial charge on any atom is 0.306 e. The lowest BCUT2D eigenvalue weighted by atomic mass is 9.83. The van der Waals surface area contributed by atoms with Gasteiger partial charge >= 0.3 is 5.97 Å². The molecule has 1 aliphatic carbocycles. The normalized spacial score (nSPS) is 20.4. The highest BCUT2D eigenvalue weighted by Gasteiger charge is 2.31. The van der Waals surface area contributed by atoms with E-state index >= 15 is 0 Å². The zero-order valence-electron chi connectivity index (χ0n) is 14.3. The van der Waals surface area contributed by atoms with E-state index in [9.17, 15) is 4.79 Å². The first-order valence-electron chi connectivity index (χ1n) is 8.61. The van der Waals surface area contributed by atoms with Gasteiger partial charge in [-0.2, -0.15) is 0 Å². The highest BCUT2D eigenvalue weighted by molar-refractivity contribution is 5.69. The number of aliphatic carboxylic acids is 1. The zero-order chi connectivity index (χ0) is 17.6. The quantitative estimate of drug-likeness (QED) is 0.795. The summed E-state index contributed by atoms with van der Waals surface area (Å²) in [6.07, 6.45) is 6.16. The minimum Gasteiger partial charge on any atom is -0.493 e. The summed E-state index contributed by atoms with van der Waals surface area (Å²) in [6.45, 7) is 2.37. The molecule has 0 bridgehead atoms. The number of nitrogens with zero attached hydrogens (tertiary/aromatic N) is 1. The first-order valence-corrected chi connectivity index (χ1v) is 8.61. The molecule has 1 N–H and O–H groups in total. The van der Waals surface area contributed by atoms with Crippen LogP contribution in [-0.4, -0.2) is 28.8 Å². The summed E-state index contributed by atoms with van der Waals surface area (Å²) >= 11 is 0. The summed E-state index contributed by atoms with van der Waals surface area (Å²) in [5.41, 5.74) is 0.985. The van der Waals surface area contributed by atoms with Crippen molar-refractivity contribution in [1.29, 1.82) is 0 Å². The van der Waals surface area contributed by atoms with Crippen molar-refractivity contribution < 1.29 is 19.4 Å². The van der Waals surface area contributed by atoms with Gasteiger partial charge in [-0.1, -0.05) is 19.1 Å². The lowest BCUT2D eigenvalue weighted by Crippen LogP contribution is -2.37. The van der Waals surface area contributed by atoms with Gasteiger partial charge in [0, 0.05) is 6.20 Å². The van der Waals surface area contributed by atoms with Crippen LogP contribution in [0.25, 0.3) is 0 Å². The highest BCUT2D eigenvalue weighted by Crippen LogP contribution is 2.31. The molecule has 0 amide bonds. The van der Waals surface area contributed by atoms with Gasteiger partial charge in [0.1, 0.15) is 11.5 Å². The van der Waals surface area contributed by atoms with Crippen molar-refractivity contribution in [1.82, 2.24) is 4.98 Å². The number of aromatic nitrogens is 1. The largest absolute Gasteiger partial charge is 0.493 e. The van der Waals surface area contributed by atoms with E-state index in [1.165, 1.54) is 0 Å². The lowest BCUT2D eigenvalue weighted by molar-refractivity contribution is -0.141. The minimum absolute atomic E-state index is 0.237. The topological polar surface area (TPSA) is 68.7 Å². The van der Waals surface area contributed by atoms with E-state index in [2.05, 4.69) is 4.98 Å². The molecule has 0 aliphatic heterocycles. The van der Waals surface area contributed by atoms with E-state index in [1.54, 1.807) is 19.3 Å². The smallest absolute Gasteiger partial charge is 0.306 e.